The number of nitrogens with zero attached hydrogens (tertiary/aromatic N) is 2. The van der Waals surface area contributed by atoms with Gasteiger partial charge in [-0.2, -0.15) is 5.10 Å². The summed E-state index contributed by atoms with van der Waals surface area (Å²) in [6, 6.07) is 16.1. The largest absolute Gasteiger partial charge is 0.358 e. The molecule has 0 radical (unpaired) electrons. The van der Waals surface area contributed by atoms with Gasteiger partial charge < -0.3 is 10.6 Å². The lowest BCUT2D eigenvalue weighted by Gasteiger charge is -2.09. The fraction of sp³-hybridized carbons (Fsp3) is 0.158. The molecule has 1 heterocycles. The maximum absolute atomic E-state index is 6.19. The molecular formula is C19H19ClN4S. The van der Waals surface area contributed by atoms with Crippen molar-refractivity contribution < 1.29 is 0 Å². The number of nitrogens with one attached hydrogen (secondary N) is 2. The monoisotopic (exact) mass is 370 g/mol. The summed E-state index contributed by atoms with van der Waals surface area (Å²) in [7, 11) is 0. The molecule has 2 N–H and O–H groups in total. The molecule has 0 unspecified atom stereocenters. The first-order chi connectivity index (χ1) is 12.1. The van der Waals surface area contributed by atoms with Crippen LogP contribution in [0.1, 0.15) is 16.7 Å². The molecule has 0 bridgehead atoms. The Hall–Kier alpha value is -2.37. The Morgan fingerprint density at radius 3 is 2.68 bits per heavy atom. The molecule has 0 aliphatic rings. The minimum absolute atomic E-state index is 0.567. The lowest BCUT2D eigenvalue weighted by Crippen LogP contribution is -2.27. The number of rotatable bonds is 5. The molecule has 6 heteroatoms. The number of thiocarbonyl (C=S) groups is 1. The van der Waals surface area contributed by atoms with E-state index in [1.54, 1.807) is 6.20 Å². The summed E-state index contributed by atoms with van der Waals surface area (Å²) < 4.78 is 1.83. The van der Waals surface area contributed by atoms with E-state index in [9.17, 15) is 0 Å². The number of aryl methyl sites for hydroxylation is 1. The first-order valence-electron chi connectivity index (χ1n) is 7.96. The van der Waals surface area contributed by atoms with E-state index in [1.165, 1.54) is 11.1 Å². The van der Waals surface area contributed by atoms with Crippen molar-refractivity contribution in [2.75, 3.05) is 5.32 Å². The number of halogens is 1. The van der Waals surface area contributed by atoms with Gasteiger partial charge in [0.25, 0.3) is 0 Å². The summed E-state index contributed by atoms with van der Waals surface area (Å²) in [5.74, 6) is 0. The second-order valence-electron chi connectivity index (χ2n) is 5.81. The molecule has 4 nitrogen and oxygen atoms in total. The van der Waals surface area contributed by atoms with Crippen LogP contribution in [0.15, 0.2) is 60.9 Å². The molecule has 128 valence electrons. The highest BCUT2D eigenvalue weighted by Crippen LogP contribution is 2.16. The van der Waals surface area contributed by atoms with E-state index in [-0.39, 0.29) is 0 Å². The Bertz CT molecular complexity index is 858. The number of aromatic nitrogens is 2. The van der Waals surface area contributed by atoms with Gasteiger partial charge in [0.05, 0.1) is 18.4 Å². The van der Waals surface area contributed by atoms with Crippen molar-refractivity contribution in [1.82, 2.24) is 15.1 Å². The van der Waals surface area contributed by atoms with Crippen LogP contribution in [0.4, 0.5) is 5.69 Å². The van der Waals surface area contributed by atoms with Gasteiger partial charge in [-0.3, -0.25) is 4.68 Å². The van der Waals surface area contributed by atoms with E-state index in [0.717, 1.165) is 16.3 Å². The standard InChI is InChI=1S/C19H19ClN4S/c1-14-6-8-15(9-7-14)10-21-19(25)23-17-11-22-24(13-17)12-16-4-2-3-5-18(16)20/h2-9,11,13H,10,12H2,1H3,(H2,21,23,25). The van der Waals surface area contributed by atoms with E-state index < -0.39 is 0 Å². The van der Waals surface area contributed by atoms with Gasteiger partial charge in [0, 0.05) is 17.8 Å². The van der Waals surface area contributed by atoms with E-state index in [4.69, 9.17) is 23.8 Å². The molecule has 0 saturated carbocycles. The molecule has 2 aromatic carbocycles. The fourth-order valence-electron chi connectivity index (χ4n) is 2.38. The number of hydrogen-bond donors (Lipinski definition) is 2. The van der Waals surface area contributed by atoms with Crippen LogP contribution >= 0.6 is 23.8 Å². The van der Waals surface area contributed by atoms with Gasteiger partial charge in [-0.05, 0) is 36.3 Å². The summed E-state index contributed by atoms with van der Waals surface area (Å²) in [4.78, 5) is 0. The van der Waals surface area contributed by atoms with Gasteiger partial charge in [0.2, 0.25) is 0 Å². The predicted octanol–water partition coefficient (Wildman–Crippen LogP) is 4.38. The summed E-state index contributed by atoms with van der Waals surface area (Å²) in [6.45, 7) is 3.37. The smallest absolute Gasteiger partial charge is 0.171 e. The Kier molecular flexibility index (Phi) is 5.68. The van der Waals surface area contributed by atoms with E-state index >= 15 is 0 Å². The Labute approximate surface area is 157 Å². The maximum Gasteiger partial charge on any atom is 0.171 e. The SMILES string of the molecule is Cc1ccc(CNC(=S)Nc2cnn(Cc3ccccc3Cl)c2)cc1. The van der Waals surface area contributed by atoms with Crippen molar-refractivity contribution in [1.29, 1.82) is 0 Å². The van der Waals surface area contributed by atoms with Gasteiger partial charge in [-0.15, -0.1) is 0 Å². The van der Waals surface area contributed by atoms with Crippen molar-refractivity contribution in [3.63, 3.8) is 0 Å². The quantitative estimate of drug-likeness (QED) is 0.654. The zero-order chi connectivity index (χ0) is 17.6. The molecule has 0 saturated heterocycles. The average molecular weight is 371 g/mol. The maximum atomic E-state index is 6.19. The molecule has 25 heavy (non-hydrogen) atoms. The second kappa shape index (κ2) is 8.14. The van der Waals surface area contributed by atoms with Crippen molar-refractivity contribution in [3.05, 3.63) is 82.6 Å². The zero-order valence-corrected chi connectivity index (χ0v) is 15.4. The molecule has 0 fully saturated rings. The number of hydrogen-bond acceptors (Lipinski definition) is 2. The Balaban J connectivity index is 1.53. The molecule has 1 aromatic heterocycles. The average Bonchev–Trinajstić information content (AvgIpc) is 3.03. The van der Waals surface area contributed by atoms with Crippen LogP contribution in [-0.4, -0.2) is 14.9 Å². The van der Waals surface area contributed by atoms with Crippen LogP contribution in [-0.2, 0) is 13.1 Å². The van der Waals surface area contributed by atoms with Crippen LogP contribution in [0.3, 0.4) is 0 Å². The van der Waals surface area contributed by atoms with Gasteiger partial charge >= 0.3 is 0 Å². The van der Waals surface area contributed by atoms with Crippen molar-refractivity contribution in [3.8, 4) is 0 Å². The van der Waals surface area contributed by atoms with Crippen LogP contribution in [0.2, 0.25) is 5.02 Å². The Morgan fingerprint density at radius 1 is 1.16 bits per heavy atom. The molecule has 3 aromatic rings. The minimum Gasteiger partial charge on any atom is -0.358 e. The van der Waals surface area contributed by atoms with Crippen molar-refractivity contribution in [2.24, 2.45) is 0 Å². The molecular weight excluding hydrogens is 352 g/mol. The van der Waals surface area contributed by atoms with Crippen LogP contribution in [0.25, 0.3) is 0 Å². The van der Waals surface area contributed by atoms with Crippen molar-refractivity contribution in [2.45, 2.75) is 20.0 Å². The minimum atomic E-state index is 0.567. The number of anilines is 1. The third-order valence-corrected chi connectivity index (χ3v) is 4.37. The summed E-state index contributed by atoms with van der Waals surface area (Å²) in [6.07, 6.45) is 3.65. The molecule has 0 atom stereocenters. The van der Waals surface area contributed by atoms with Crippen LogP contribution in [0, 0.1) is 6.92 Å². The van der Waals surface area contributed by atoms with Gasteiger partial charge in [0.1, 0.15) is 0 Å². The summed E-state index contributed by atoms with van der Waals surface area (Å²) >= 11 is 11.5. The number of benzene rings is 2. The van der Waals surface area contributed by atoms with E-state index in [2.05, 4.69) is 46.9 Å². The second-order valence-corrected chi connectivity index (χ2v) is 6.63. The van der Waals surface area contributed by atoms with Crippen LogP contribution < -0.4 is 10.6 Å². The van der Waals surface area contributed by atoms with Crippen LogP contribution in [0.5, 0.6) is 0 Å². The predicted molar refractivity (Wildman–Crippen MR) is 107 cm³/mol. The highest BCUT2D eigenvalue weighted by molar-refractivity contribution is 7.80. The molecule has 3 rings (SSSR count). The first-order valence-corrected chi connectivity index (χ1v) is 8.75. The highest BCUT2D eigenvalue weighted by atomic mass is 35.5. The molecule has 0 aliphatic heterocycles. The Morgan fingerprint density at radius 2 is 1.92 bits per heavy atom. The third kappa shape index (κ3) is 5.05. The van der Waals surface area contributed by atoms with E-state index in [1.807, 2.05) is 35.1 Å². The lowest BCUT2D eigenvalue weighted by molar-refractivity contribution is 0.687. The molecule has 0 aliphatic carbocycles. The third-order valence-electron chi connectivity index (χ3n) is 3.75. The topological polar surface area (TPSA) is 41.9 Å². The van der Waals surface area contributed by atoms with Gasteiger partial charge in [-0.1, -0.05) is 59.6 Å². The zero-order valence-electron chi connectivity index (χ0n) is 13.9. The first kappa shape index (κ1) is 17.5. The fourth-order valence-corrected chi connectivity index (χ4v) is 2.76. The van der Waals surface area contributed by atoms with Gasteiger partial charge in [-0.25, -0.2) is 0 Å². The highest BCUT2D eigenvalue weighted by Gasteiger charge is 2.04. The lowest BCUT2D eigenvalue weighted by atomic mass is 10.1. The van der Waals surface area contributed by atoms with Gasteiger partial charge in [0.15, 0.2) is 5.11 Å². The molecule has 0 amide bonds. The summed E-state index contributed by atoms with van der Waals surface area (Å²) in [5.41, 5.74) is 4.30. The van der Waals surface area contributed by atoms with E-state index in [0.29, 0.717) is 18.2 Å². The molecule has 0 spiro atoms. The summed E-state index contributed by atoms with van der Waals surface area (Å²) in [5, 5.41) is 12.0. The normalized spacial score (nSPS) is 10.5. The van der Waals surface area contributed by atoms with Crippen molar-refractivity contribution >= 4 is 34.6 Å².